The molecule has 2 aromatic carbocycles. The van der Waals surface area contributed by atoms with E-state index in [0.717, 1.165) is 30.4 Å². The Morgan fingerprint density at radius 1 is 1.16 bits per heavy atom. The maximum atomic E-state index is 11.8. The molecular formula is C21H19NO3. The minimum Gasteiger partial charge on any atom is -0.505 e. The van der Waals surface area contributed by atoms with E-state index in [0.29, 0.717) is 16.6 Å². The largest absolute Gasteiger partial charge is 0.505 e. The van der Waals surface area contributed by atoms with Crippen molar-refractivity contribution in [3.8, 4) is 5.75 Å². The van der Waals surface area contributed by atoms with Crippen LogP contribution in [0.25, 0.3) is 10.9 Å². The third kappa shape index (κ3) is 2.37. The van der Waals surface area contributed by atoms with Crippen molar-refractivity contribution in [1.82, 2.24) is 4.98 Å². The van der Waals surface area contributed by atoms with Gasteiger partial charge in [0, 0.05) is 10.8 Å². The van der Waals surface area contributed by atoms with Crippen molar-refractivity contribution in [3.63, 3.8) is 0 Å². The predicted octanol–water partition coefficient (Wildman–Crippen LogP) is 4.28. The van der Waals surface area contributed by atoms with E-state index in [2.05, 4.69) is 0 Å². The van der Waals surface area contributed by atoms with Gasteiger partial charge >= 0.3 is 5.97 Å². The zero-order valence-electron chi connectivity index (χ0n) is 14.0. The smallest absolute Gasteiger partial charge is 0.340 e. The van der Waals surface area contributed by atoms with E-state index < -0.39 is 5.97 Å². The van der Waals surface area contributed by atoms with E-state index in [-0.39, 0.29) is 16.7 Å². The van der Waals surface area contributed by atoms with E-state index in [1.54, 1.807) is 6.07 Å². The number of carbonyl (C=O) groups is 1. The quantitative estimate of drug-likeness (QED) is 0.747. The van der Waals surface area contributed by atoms with Crippen molar-refractivity contribution >= 4 is 16.9 Å². The Bertz CT molecular complexity index is 975. The lowest BCUT2D eigenvalue weighted by molar-refractivity contribution is 0.0695. The van der Waals surface area contributed by atoms with Gasteiger partial charge in [0.1, 0.15) is 5.56 Å². The summed E-state index contributed by atoms with van der Waals surface area (Å²) < 4.78 is 0. The third-order valence-corrected chi connectivity index (χ3v) is 5.18. The molecule has 4 nitrogen and oxygen atoms in total. The average molecular weight is 333 g/mol. The van der Waals surface area contributed by atoms with E-state index in [1.807, 2.05) is 49.4 Å². The first-order chi connectivity index (χ1) is 12.1. The maximum Gasteiger partial charge on any atom is 0.340 e. The third-order valence-electron chi connectivity index (χ3n) is 5.18. The molecule has 3 aromatic rings. The molecular weight excluding hydrogens is 314 g/mol. The molecule has 25 heavy (non-hydrogen) atoms. The zero-order chi connectivity index (χ0) is 17.6. The minimum atomic E-state index is -1.13. The Morgan fingerprint density at radius 3 is 2.48 bits per heavy atom. The number of aromatic carboxylic acids is 1. The average Bonchev–Trinajstić information content (AvgIpc) is 3.43. The number of carboxylic acid groups (broad SMARTS) is 1. The molecule has 1 aromatic heterocycles. The first kappa shape index (κ1) is 15.6. The lowest BCUT2D eigenvalue weighted by Crippen LogP contribution is -2.14. The topological polar surface area (TPSA) is 70.4 Å². The highest BCUT2D eigenvalue weighted by molar-refractivity contribution is 6.05. The number of carboxylic acids is 1. The molecule has 0 amide bonds. The van der Waals surface area contributed by atoms with Gasteiger partial charge in [0.2, 0.25) is 0 Å². The molecule has 0 bridgehead atoms. The number of nitrogens with zero attached hydrogens (tertiary/aromatic N) is 1. The van der Waals surface area contributed by atoms with Crippen LogP contribution in [-0.2, 0) is 11.8 Å². The van der Waals surface area contributed by atoms with Gasteiger partial charge < -0.3 is 10.2 Å². The van der Waals surface area contributed by atoms with Crippen molar-refractivity contribution in [2.45, 2.75) is 31.6 Å². The predicted molar refractivity (Wildman–Crippen MR) is 96.2 cm³/mol. The summed E-state index contributed by atoms with van der Waals surface area (Å²) in [6, 6.07) is 15.5. The molecule has 0 aliphatic heterocycles. The Labute approximate surface area is 145 Å². The van der Waals surface area contributed by atoms with Gasteiger partial charge in [-0.1, -0.05) is 49.4 Å². The van der Waals surface area contributed by atoms with Crippen LogP contribution in [0, 0.1) is 0 Å². The van der Waals surface area contributed by atoms with Crippen LogP contribution in [0.1, 0.15) is 46.9 Å². The fourth-order valence-electron chi connectivity index (χ4n) is 3.61. The standard InChI is InChI=1S/C21H19NO3/c1-2-13-8-9-15-16(12-13)22-19(18(23)17(15)20(24)25)21(10-11-21)14-6-4-3-5-7-14/h3-9,12,23H,2,10-11H2,1H3,(H,24,25). The molecule has 2 N–H and O–H groups in total. The summed E-state index contributed by atoms with van der Waals surface area (Å²) in [5.74, 6) is -1.33. The molecule has 1 saturated carbocycles. The minimum absolute atomic E-state index is 0.0511. The monoisotopic (exact) mass is 333 g/mol. The Kier molecular flexibility index (Phi) is 3.49. The Balaban J connectivity index is 2.01. The number of fused-ring (bicyclic) bond motifs is 1. The molecule has 4 rings (SSSR count). The Morgan fingerprint density at radius 2 is 1.88 bits per heavy atom. The SMILES string of the molecule is CCc1ccc2c(C(=O)O)c(O)c(C3(c4ccccc4)CC3)nc2c1. The number of aromatic nitrogens is 1. The summed E-state index contributed by atoms with van der Waals surface area (Å²) in [7, 11) is 0. The van der Waals surface area contributed by atoms with Crippen molar-refractivity contribution in [2.24, 2.45) is 0 Å². The molecule has 1 aliphatic carbocycles. The van der Waals surface area contributed by atoms with Crippen molar-refractivity contribution < 1.29 is 15.0 Å². The fraction of sp³-hybridized carbons (Fsp3) is 0.238. The van der Waals surface area contributed by atoms with Gasteiger partial charge in [-0.15, -0.1) is 0 Å². The fourth-order valence-corrected chi connectivity index (χ4v) is 3.61. The number of pyridine rings is 1. The van der Waals surface area contributed by atoms with E-state index >= 15 is 0 Å². The van der Waals surface area contributed by atoms with Crippen LogP contribution < -0.4 is 0 Å². The summed E-state index contributed by atoms with van der Waals surface area (Å²) in [4.78, 5) is 16.6. The summed E-state index contributed by atoms with van der Waals surface area (Å²) in [5, 5.41) is 20.9. The van der Waals surface area contributed by atoms with Gasteiger partial charge in [0.05, 0.1) is 11.2 Å². The highest BCUT2D eigenvalue weighted by Crippen LogP contribution is 2.56. The molecule has 4 heteroatoms. The second kappa shape index (κ2) is 5.59. The van der Waals surface area contributed by atoms with Gasteiger partial charge in [-0.05, 0) is 36.5 Å². The highest BCUT2D eigenvalue weighted by Gasteiger charge is 2.49. The summed E-state index contributed by atoms with van der Waals surface area (Å²) in [6.45, 7) is 2.05. The van der Waals surface area contributed by atoms with Crippen LogP contribution in [0.5, 0.6) is 5.75 Å². The first-order valence-corrected chi connectivity index (χ1v) is 8.52. The van der Waals surface area contributed by atoms with Gasteiger partial charge in [-0.3, -0.25) is 0 Å². The summed E-state index contributed by atoms with van der Waals surface area (Å²) >= 11 is 0. The number of hydrogen-bond acceptors (Lipinski definition) is 3. The van der Waals surface area contributed by atoms with Crippen LogP contribution in [0.2, 0.25) is 0 Å². The summed E-state index contributed by atoms with van der Waals surface area (Å²) in [6.07, 6.45) is 2.56. The molecule has 0 radical (unpaired) electrons. The van der Waals surface area contributed by atoms with Crippen LogP contribution >= 0.6 is 0 Å². The molecule has 1 heterocycles. The van der Waals surface area contributed by atoms with Crippen molar-refractivity contribution in [3.05, 3.63) is 70.9 Å². The van der Waals surface area contributed by atoms with E-state index in [9.17, 15) is 15.0 Å². The lowest BCUT2D eigenvalue weighted by atomic mass is 9.89. The van der Waals surface area contributed by atoms with Gasteiger partial charge in [0.15, 0.2) is 5.75 Å². The molecule has 1 fully saturated rings. The van der Waals surface area contributed by atoms with Crippen LogP contribution in [0.4, 0.5) is 0 Å². The number of rotatable bonds is 4. The Hall–Kier alpha value is -2.88. The van der Waals surface area contributed by atoms with Crippen molar-refractivity contribution in [2.75, 3.05) is 0 Å². The number of aryl methyl sites for hydroxylation is 1. The second-order valence-electron chi connectivity index (χ2n) is 6.64. The van der Waals surface area contributed by atoms with Gasteiger partial charge in [0.25, 0.3) is 0 Å². The molecule has 0 saturated heterocycles. The van der Waals surface area contributed by atoms with Crippen LogP contribution in [-0.4, -0.2) is 21.2 Å². The molecule has 1 aliphatic rings. The van der Waals surface area contributed by atoms with Crippen LogP contribution in [0.3, 0.4) is 0 Å². The van der Waals surface area contributed by atoms with E-state index in [4.69, 9.17) is 4.98 Å². The zero-order valence-corrected chi connectivity index (χ0v) is 14.0. The number of benzene rings is 2. The van der Waals surface area contributed by atoms with E-state index in [1.165, 1.54) is 0 Å². The molecule has 126 valence electrons. The van der Waals surface area contributed by atoms with Crippen LogP contribution in [0.15, 0.2) is 48.5 Å². The summed E-state index contributed by atoms with van der Waals surface area (Å²) in [5.41, 5.74) is 2.84. The molecule has 0 atom stereocenters. The van der Waals surface area contributed by atoms with Gasteiger partial charge in [-0.2, -0.15) is 0 Å². The molecule has 0 spiro atoms. The normalized spacial score (nSPS) is 15.2. The number of aromatic hydroxyl groups is 1. The maximum absolute atomic E-state index is 11.8. The lowest BCUT2D eigenvalue weighted by Gasteiger charge is -2.19. The highest BCUT2D eigenvalue weighted by atomic mass is 16.4. The first-order valence-electron chi connectivity index (χ1n) is 8.52. The number of hydrogen-bond donors (Lipinski definition) is 2. The van der Waals surface area contributed by atoms with Gasteiger partial charge in [-0.25, -0.2) is 9.78 Å². The second-order valence-corrected chi connectivity index (χ2v) is 6.64. The van der Waals surface area contributed by atoms with Crippen molar-refractivity contribution in [1.29, 1.82) is 0 Å². The molecule has 0 unspecified atom stereocenters.